The molecule has 0 amide bonds. The van der Waals surface area contributed by atoms with Crippen LogP contribution < -0.4 is 9.80 Å². The van der Waals surface area contributed by atoms with Crippen molar-refractivity contribution in [3.63, 3.8) is 0 Å². The van der Waals surface area contributed by atoms with Crippen molar-refractivity contribution in [3.05, 3.63) is 131 Å². The molecule has 4 aromatic rings. The predicted octanol–water partition coefficient (Wildman–Crippen LogP) is 8.90. The van der Waals surface area contributed by atoms with Crippen molar-refractivity contribution in [1.29, 1.82) is 0 Å². The van der Waals surface area contributed by atoms with Crippen molar-refractivity contribution in [3.8, 4) is 0 Å². The van der Waals surface area contributed by atoms with Gasteiger partial charge in [0.1, 0.15) is 0 Å². The van der Waals surface area contributed by atoms with E-state index >= 15 is 0 Å². The Bertz CT molecular complexity index is 1320. The molecule has 43 heavy (non-hydrogen) atoms. The number of benzene rings is 4. The van der Waals surface area contributed by atoms with Crippen LogP contribution in [0.3, 0.4) is 0 Å². The van der Waals surface area contributed by atoms with Crippen LogP contribution in [0.5, 0.6) is 0 Å². The molecule has 230 valence electrons. The van der Waals surface area contributed by atoms with Crippen LogP contribution in [0.2, 0.25) is 0 Å². The van der Waals surface area contributed by atoms with Gasteiger partial charge in [0.05, 0.1) is 0 Å². The first-order chi connectivity index (χ1) is 20.3. The average Bonchev–Trinajstić information content (AvgIpc) is 3.06. The molecule has 0 spiro atoms. The fraction of sp³-hybridized carbons (Fsp3) is 0.222. The zero-order valence-corrected chi connectivity index (χ0v) is 29.3. The van der Waals surface area contributed by atoms with Gasteiger partial charge in [-0.25, -0.2) is 0 Å². The normalized spacial score (nSPS) is 11.6. The van der Waals surface area contributed by atoms with Crippen LogP contribution in [-0.4, -0.2) is 26.2 Å². The first-order valence-electron chi connectivity index (χ1n) is 14.3. The van der Waals surface area contributed by atoms with E-state index in [-0.39, 0.29) is 16.5 Å². The van der Waals surface area contributed by atoms with Crippen LogP contribution in [0.4, 0.5) is 11.4 Å². The van der Waals surface area contributed by atoms with Gasteiger partial charge in [-0.2, -0.15) is 19.6 Å². The molecule has 0 aromatic heterocycles. The van der Waals surface area contributed by atoms with Gasteiger partial charge >= 0.3 is 0 Å². The molecule has 0 bridgehead atoms. The Labute approximate surface area is 291 Å². The molecule has 0 heterocycles. The summed E-state index contributed by atoms with van der Waals surface area (Å²) >= 11 is 22.1. The number of rotatable bonds is 10. The summed E-state index contributed by atoms with van der Waals surface area (Å²) in [5.74, 6) is 0. The maximum Gasteiger partial charge on any atom is 0.0366 e. The van der Waals surface area contributed by atoms with Crippen LogP contribution in [0.25, 0.3) is 19.6 Å². The number of hydrogen-bond acceptors (Lipinski definition) is 6. The Hall–Kier alpha value is -2.67. The Kier molecular flexibility index (Phi) is 16.0. The van der Waals surface area contributed by atoms with E-state index in [9.17, 15) is 0 Å². The fourth-order valence-electron chi connectivity index (χ4n) is 4.53. The standard InChI is InChI=1S/2C18H21NS2.Ni/c2*1-3-19(4-2)16-12-10-15(11-13-16)18(21)17(20)14-8-6-5-7-9-14;/h2*5-13,20-21H,3-4H2,1-2H3;/p-4. The topological polar surface area (TPSA) is 6.48 Å². The van der Waals surface area contributed by atoms with Crippen molar-refractivity contribution < 1.29 is 16.5 Å². The Morgan fingerprint density at radius 1 is 0.395 bits per heavy atom. The summed E-state index contributed by atoms with van der Waals surface area (Å²) < 4.78 is 0. The van der Waals surface area contributed by atoms with E-state index < -0.39 is 0 Å². The summed E-state index contributed by atoms with van der Waals surface area (Å²) in [5.41, 5.74) is 6.47. The molecular formula is C36H38N2NiS4-4. The molecule has 0 aliphatic heterocycles. The Morgan fingerprint density at radius 2 is 0.628 bits per heavy atom. The molecule has 0 radical (unpaired) electrons. The van der Waals surface area contributed by atoms with E-state index in [2.05, 4.69) is 86.0 Å². The maximum absolute atomic E-state index is 5.54. The van der Waals surface area contributed by atoms with Crippen molar-refractivity contribution in [2.45, 2.75) is 27.7 Å². The van der Waals surface area contributed by atoms with Crippen LogP contribution in [0.15, 0.2) is 109 Å². The molecule has 0 fully saturated rings. The zero-order valence-electron chi connectivity index (χ0n) is 25.1. The SMILES string of the molecule is CCN(CC)c1ccc(C([S-])=C([S-])c2ccccc2)cc1.CCN(CC)c1ccc(C([S-])=C([S-])c2ccccc2)cc1.[Ni]. The van der Waals surface area contributed by atoms with Gasteiger partial charge < -0.3 is 60.3 Å². The van der Waals surface area contributed by atoms with Crippen LogP contribution in [-0.2, 0) is 67.0 Å². The predicted molar refractivity (Wildman–Crippen MR) is 196 cm³/mol. The van der Waals surface area contributed by atoms with Gasteiger partial charge in [-0.05, 0) is 74.2 Å². The Morgan fingerprint density at radius 3 is 0.860 bits per heavy atom. The van der Waals surface area contributed by atoms with Gasteiger partial charge in [0, 0.05) is 54.0 Å². The van der Waals surface area contributed by atoms with Crippen LogP contribution >= 0.6 is 0 Å². The summed E-state index contributed by atoms with van der Waals surface area (Å²) in [5, 5.41) is 0. The van der Waals surface area contributed by atoms with Gasteiger partial charge in [-0.3, -0.25) is 0 Å². The van der Waals surface area contributed by atoms with E-state index in [0.29, 0.717) is 0 Å². The van der Waals surface area contributed by atoms with E-state index in [1.807, 2.05) is 60.7 Å². The number of hydrogen-bond donors (Lipinski definition) is 0. The molecule has 4 aromatic carbocycles. The monoisotopic (exact) mass is 684 g/mol. The van der Waals surface area contributed by atoms with E-state index in [4.69, 9.17) is 50.5 Å². The minimum Gasteiger partial charge on any atom is -0.781 e. The van der Waals surface area contributed by atoms with Gasteiger partial charge in [0.2, 0.25) is 0 Å². The van der Waals surface area contributed by atoms with E-state index in [1.54, 1.807) is 0 Å². The molecule has 4 rings (SSSR count). The van der Waals surface area contributed by atoms with E-state index in [1.165, 1.54) is 11.4 Å². The Balaban J connectivity index is 0.000000293. The molecular weight excluding hydrogens is 647 g/mol. The summed E-state index contributed by atoms with van der Waals surface area (Å²) in [6.07, 6.45) is 0. The molecule has 0 saturated carbocycles. The minimum absolute atomic E-state index is 0. The molecule has 0 aliphatic carbocycles. The fourth-order valence-corrected chi connectivity index (χ4v) is 5.54. The third-order valence-corrected chi connectivity index (χ3v) is 9.02. The third-order valence-electron chi connectivity index (χ3n) is 7.00. The van der Waals surface area contributed by atoms with Crippen LogP contribution in [0.1, 0.15) is 49.9 Å². The van der Waals surface area contributed by atoms with Gasteiger partial charge in [0.25, 0.3) is 0 Å². The first-order valence-corrected chi connectivity index (χ1v) is 16.0. The summed E-state index contributed by atoms with van der Waals surface area (Å²) in [6, 6.07) is 36.6. The van der Waals surface area contributed by atoms with E-state index in [0.717, 1.165) is 68.1 Å². The average molecular weight is 686 g/mol. The summed E-state index contributed by atoms with van der Waals surface area (Å²) in [6.45, 7) is 12.6. The maximum atomic E-state index is 5.54. The molecule has 0 unspecified atom stereocenters. The minimum atomic E-state index is 0. The number of anilines is 2. The van der Waals surface area contributed by atoms with Gasteiger partial charge in [0.15, 0.2) is 0 Å². The second-order valence-electron chi connectivity index (χ2n) is 9.49. The zero-order chi connectivity index (χ0) is 30.5. The summed E-state index contributed by atoms with van der Waals surface area (Å²) in [7, 11) is 0. The largest absolute Gasteiger partial charge is 0.781 e. The van der Waals surface area contributed by atoms with Crippen molar-refractivity contribution >= 4 is 81.5 Å². The van der Waals surface area contributed by atoms with Gasteiger partial charge in [-0.15, -0.1) is 0 Å². The first kappa shape index (κ1) is 36.5. The molecule has 0 N–H and O–H groups in total. The smallest absolute Gasteiger partial charge is 0.0366 e. The van der Waals surface area contributed by atoms with Crippen molar-refractivity contribution in [2.75, 3.05) is 36.0 Å². The number of nitrogens with zero attached hydrogens (tertiary/aromatic N) is 2. The van der Waals surface area contributed by atoms with Crippen molar-refractivity contribution in [1.82, 2.24) is 0 Å². The molecule has 2 nitrogen and oxygen atoms in total. The molecule has 7 heteroatoms. The van der Waals surface area contributed by atoms with Crippen LogP contribution in [0, 0.1) is 0 Å². The quantitative estimate of drug-likeness (QED) is 0.0929. The second kappa shape index (κ2) is 18.9. The second-order valence-corrected chi connectivity index (χ2v) is 11.1. The van der Waals surface area contributed by atoms with Crippen molar-refractivity contribution in [2.24, 2.45) is 0 Å². The molecule has 0 aliphatic rings. The molecule has 0 atom stereocenters. The summed E-state index contributed by atoms with van der Waals surface area (Å²) in [4.78, 5) is 7.57. The van der Waals surface area contributed by atoms with Gasteiger partial charge in [-0.1, -0.05) is 84.9 Å². The third kappa shape index (κ3) is 10.2. The molecule has 0 saturated heterocycles.